The number of thiazole rings is 1. The van der Waals surface area contributed by atoms with Crippen molar-refractivity contribution in [3.05, 3.63) is 16.1 Å². The Morgan fingerprint density at radius 1 is 1.61 bits per heavy atom. The first-order valence-electron chi connectivity index (χ1n) is 6.37. The van der Waals surface area contributed by atoms with Crippen molar-refractivity contribution in [3.8, 4) is 0 Å². The van der Waals surface area contributed by atoms with Crippen molar-refractivity contribution in [2.24, 2.45) is 0 Å². The molecule has 0 spiro atoms. The molecule has 1 aromatic heterocycles. The number of ether oxygens (including phenoxy) is 2. The Morgan fingerprint density at radius 3 is 2.94 bits per heavy atom. The molecule has 2 rings (SSSR count). The van der Waals surface area contributed by atoms with Gasteiger partial charge in [-0.15, -0.1) is 11.3 Å². The highest BCUT2D eigenvalue weighted by Gasteiger charge is 2.25. The van der Waals surface area contributed by atoms with E-state index in [0.29, 0.717) is 5.92 Å². The van der Waals surface area contributed by atoms with Crippen molar-refractivity contribution in [2.75, 3.05) is 20.3 Å². The maximum absolute atomic E-state index is 11.7. The summed E-state index contributed by atoms with van der Waals surface area (Å²) in [6.07, 6.45) is 2.79. The Hall–Kier alpha value is -0.940. The molecule has 0 amide bonds. The summed E-state index contributed by atoms with van der Waals surface area (Å²) in [5, 5.41) is 3.13. The number of rotatable bonds is 4. The Labute approximate surface area is 111 Å². The minimum atomic E-state index is -0.222. The van der Waals surface area contributed by atoms with Crippen LogP contribution in [0.15, 0.2) is 5.38 Å². The number of esters is 1. The highest BCUT2D eigenvalue weighted by molar-refractivity contribution is 7.09. The van der Waals surface area contributed by atoms with Crippen molar-refractivity contribution in [1.29, 1.82) is 0 Å². The van der Waals surface area contributed by atoms with E-state index < -0.39 is 0 Å². The molecule has 1 fully saturated rings. The summed E-state index contributed by atoms with van der Waals surface area (Å²) in [6.45, 7) is 3.61. The average Bonchev–Trinajstić information content (AvgIpc) is 2.90. The zero-order valence-corrected chi connectivity index (χ0v) is 11.7. The molecule has 1 atom stereocenters. The molecule has 1 unspecified atom stereocenters. The number of methoxy groups -OCH3 is 1. The highest BCUT2D eigenvalue weighted by Crippen LogP contribution is 2.32. The fraction of sp³-hybridized carbons (Fsp3) is 0.692. The van der Waals surface area contributed by atoms with Gasteiger partial charge in [-0.25, -0.2) is 4.98 Å². The smallest absolute Gasteiger partial charge is 0.314 e. The number of hydrogen-bond acceptors (Lipinski definition) is 5. The minimum Gasteiger partial charge on any atom is -0.469 e. The molecule has 1 aromatic rings. The normalized spacial score (nSPS) is 18.6. The fourth-order valence-electron chi connectivity index (χ4n) is 2.23. The zero-order valence-electron chi connectivity index (χ0n) is 10.8. The van der Waals surface area contributed by atoms with E-state index in [0.717, 1.165) is 43.2 Å². The van der Waals surface area contributed by atoms with Crippen LogP contribution in [0.3, 0.4) is 0 Å². The quantitative estimate of drug-likeness (QED) is 0.789. The molecule has 1 aliphatic heterocycles. The van der Waals surface area contributed by atoms with Gasteiger partial charge in [-0.2, -0.15) is 0 Å². The lowest BCUT2D eigenvalue weighted by molar-refractivity contribution is -0.142. The second kappa shape index (κ2) is 6.29. The molecule has 0 bridgehead atoms. The van der Waals surface area contributed by atoms with E-state index in [1.165, 1.54) is 7.11 Å². The third-order valence-corrected chi connectivity index (χ3v) is 4.39. The van der Waals surface area contributed by atoms with Gasteiger partial charge >= 0.3 is 5.97 Å². The lowest BCUT2D eigenvalue weighted by atomic mass is 10.0. The lowest BCUT2D eigenvalue weighted by Gasteiger charge is -2.19. The Morgan fingerprint density at radius 2 is 2.33 bits per heavy atom. The third kappa shape index (κ3) is 2.90. The molecule has 2 heterocycles. The molecule has 0 aromatic carbocycles. The number of hydrogen-bond donors (Lipinski definition) is 0. The fourth-order valence-corrected chi connectivity index (χ4v) is 3.28. The van der Waals surface area contributed by atoms with E-state index in [-0.39, 0.29) is 11.9 Å². The third-order valence-electron chi connectivity index (χ3n) is 3.36. The van der Waals surface area contributed by atoms with Gasteiger partial charge in [0.15, 0.2) is 0 Å². The molecule has 5 heteroatoms. The van der Waals surface area contributed by atoms with Crippen LogP contribution in [0.4, 0.5) is 0 Å². The van der Waals surface area contributed by atoms with Gasteiger partial charge in [0.05, 0.1) is 23.7 Å². The largest absolute Gasteiger partial charge is 0.469 e. The summed E-state index contributed by atoms with van der Waals surface area (Å²) in [5.41, 5.74) is 0.857. The molecule has 1 saturated heterocycles. The van der Waals surface area contributed by atoms with Crippen LogP contribution in [-0.4, -0.2) is 31.3 Å². The van der Waals surface area contributed by atoms with Gasteiger partial charge in [0, 0.05) is 24.5 Å². The maximum atomic E-state index is 11.7. The van der Waals surface area contributed by atoms with Crippen LogP contribution in [0.25, 0.3) is 0 Å². The monoisotopic (exact) mass is 269 g/mol. The van der Waals surface area contributed by atoms with Gasteiger partial charge in [-0.3, -0.25) is 4.79 Å². The lowest BCUT2D eigenvalue weighted by Crippen LogP contribution is -2.16. The Kier molecular flexibility index (Phi) is 4.72. The van der Waals surface area contributed by atoms with Crippen LogP contribution < -0.4 is 0 Å². The Bertz CT molecular complexity index is 399. The second-order valence-corrected chi connectivity index (χ2v) is 5.37. The van der Waals surface area contributed by atoms with E-state index in [1.54, 1.807) is 11.3 Å². The molecule has 0 radical (unpaired) electrons. The summed E-state index contributed by atoms with van der Waals surface area (Å²) in [5.74, 6) is 0.0776. The Balaban J connectivity index is 2.10. The predicted molar refractivity (Wildman–Crippen MR) is 70.0 cm³/mol. The SMILES string of the molecule is CCC(C(=O)OC)c1csc(C2CCOCC2)n1. The van der Waals surface area contributed by atoms with Crippen LogP contribution in [0.2, 0.25) is 0 Å². The van der Waals surface area contributed by atoms with Crippen molar-refractivity contribution in [2.45, 2.75) is 38.0 Å². The molecule has 0 saturated carbocycles. The number of carbonyl (C=O) groups excluding carboxylic acids is 1. The van der Waals surface area contributed by atoms with Crippen LogP contribution in [0.1, 0.15) is 48.7 Å². The summed E-state index contributed by atoms with van der Waals surface area (Å²) in [7, 11) is 1.43. The molecule has 0 N–H and O–H groups in total. The van der Waals surface area contributed by atoms with E-state index in [9.17, 15) is 4.79 Å². The molecule has 1 aliphatic rings. The summed E-state index contributed by atoms with van der Waals surface area (Å²) < 4.78 is 10.2. The van der Waals surface area contributed by atoms with Gasteiger partial charge in [0.25, 0.3) is 0 Å². The topological polar surface area (TPSA) is 48.4 Å². The van der Waals surface area contributed by atoms with E-state index >= 15 is 0 Å². The minimum absolute atomic E-state index is 0.193. The van der Waals surface area contributed by atoms with E-state index in [2.05, 4.69) is 4.98 Å². The maximum Gasteiger partial charge on any atom is 0.314 e. The number of aromatic nitrogens is 1. The molecular formula is C13H19NO3S. The van der Waals surface area contributed by atoms with E-state index in [4.69, 9.17) is 9.47 Å². The molecule has 4 nitrogen and oxygen atoms in total. The van der Waals surface area contributed by atoms with E-state index in [1.807, 2.05) is 12.3 Å². The summed E-state index contributed by atoms with van der Waals surface area (Å²) >= 11 is 1.65. The molecule has 18 heavy (non-hydrogen) atoms. The van der Waals surface area contributed by atoms with Gasteiger partial charge < -0.3 is 9.47 Å². The van der Waals surface area contributed by atoms with Gasteiger partial charge in [0.2, 0.25) is 0 Å². The molecular weight excluding hydrogens is 250 g/mol. The summed E-state index contributed by atoms with van der Waals surface area (Å²) in [6, 6.07) is 0. The average molecular weight is 269 g/mol. The first kappa shape index (κ1) is 13.5. The standard InChI is InChI=1S/C13H19NO3S/c1-3-10(13(15)16-2)11-8-18-12(14-11)9-4-6-17-7-5-9/h8-10H,3-7H2,1-2H3. The van der Waals surface area contributed by atoms with Gasteiger partial charge in [-0.05, 0) is 19.3 Å². The van der Waals surface area contributed by atoms with Gasteiger partial charge in [-0.1, -0.05) is 6.92 Å². The summed E-state index contributed by atoms with van der Waals surface area (Å²) in [4.78, 5) is 16.3. The van der Waals surface area contributed by atoms with Crippen LogP contribution in [0, 0.1) is 0 Å². The van der Waals surface area contributed by atoms with Gasteiger partial charge in [0.1, 0.15) is 0 Å². The van der Waals surface area contributed by atoms with Crippen molar-refractivity contribution < 1.29 is 14.3 Å². The van der Waals surface area contributed by atoms with Crippen LogP contribution in [-0.2, 0) is 14.3 Å². The number of carbonyl (C=O) groups is 1. The van der Waals surface area contributed by atoms with Crippen molar-refractivity contribution >= 4 is 17.3 Å². The molecule has 0 aliphatic carbocycles. The first-order valence-corrected chi connectivity index (χ1v) is 7.25. The zero-order chi connectivity index (χ0) is 13.0. The van der Waals surface area contributed by atoms with Crippen LogP contribution >= 0.6 is 11.3 Å². The second-order valence-electron chi connectivity index (χ2n) is 4.48. The predicted octanol–water partition coefficient (Wildman–Crippen LogP) is 2.70. The van der Waals surface area contributed by atoms with Crippen molar-refractivity contribution in [3.63, 3.8) is 0 Å². The first-order chi connectivity index (χ1) is 8.76. The highest BCUT2D eigenvalue weighted by atomic mass is 32.1. The molecule has 100 valence electrons. The van der Waals surface area contributed by atoms with Crippen LogP contribution in [0.5, 0.6) is 0 Å². The number of nitrogens with zero attached hydrogens (tertiary/aromatic N) is 1. The van der Waals surface area contributed by atoms with Crippen molar-refractivity contribution in [1.82, 2.24) is 4.98 Å².